The number of nitrogens with one attached hydrogen (secondary N) is 1. The Labute approximate surface area is 95.4 Å². The average Bonchev–Trinajstić information content (AvgIpc) is 2.92. The number of rotatable bonds is 2. The Morgan fingerprint density at radius 2 is 2.06 bits per heavy atom. The summed E-state index contributed by atoms with van der Waals surface area (Å²) in [6.45, 7) is 8.12. The molecule has 1 amide bonds. The Kier molecular flexibility index (Phi) is 2.52. The molecule has 0 aromatic carbocycles. The lowest BCUT2D eigenvalue weighted by molar-refractivity contribution is -0.117. The van der Waals surface area contributed by atoms with Gasteiger partial charge in [0.2, 0.25) is 5.91 Å². The van der Waals surface area contributed by atoms with E-state index in [9.17, 15) is 4.79 Å². The maximum Gasteiger partial charge on any atom is 0.228 e. The topological polar surface area (TPSA) is 55.1 Å². The van der Waals surface area contributed by atoms with E-state index < -0.39 is 0 Å². The number of amides is 1. The molecule has 0 unspecified atom stereocenters. The number of hydrogen-bond acceptors (Lipinski definition) is 3. The molecule has 2 rings (SSSR count). The first-order valence-electron chi connectivity index (χ1n) is 5.67. The Morgan fingerprint density at radius 3 is 2.50 bits per heavy atom. The van der Waals surface area contributed by atoms with Gasteiger partial charge in [-0.25, -0.2) is 0 Å². The summed E-state index contributed by atoms with van der Waals surface area (Å²) in [4.78, 5) is 11.6. The summed E-state index contributed by atoms with van der Waals surface area (Å²) >= 11 is 0. The fourth-order valence-corrected chi connectivity index (χ4v) is 1.72. The van der Waals surface area contributed by atoms with Gasteiger partial charge >= 0.3 is 0 Å². The van der Waals surface area contributed by atoms with Crippen LogP contribution < -0.4 is 5.32 Å². The lowest BCUT2D eigenvalue weighted by Crippen LogP contribution is -2.15. The van der Waals surface area contributed by atoms with Crippen LogP contribution in [0.15, 0.2) is 4.52 Å². The van der Waals surface area contributed by atoms with Crippen molar-refractivity contribution in [1.82, 2.24) is 5.16 Å². The van der Waals surface area contributed by atoms with Crippen LogP contribution in [-0.2, 0) is 10.2 Å². The van der Waals surface area contributed by atoms with Crippen LogP contribution in [0.1, 0.15) is 44.9 Å². The molecule has 1 aliphatic rings. The fraction of sp³-hybridized carbons (Fsp3) is 0.667. The highest BCUT2D eigenvalue weighted by molar-refractivity contribution is 5.93. The van der Waals surface area contributed by atoms with E-state index in [2.05, 4.69) is 31.2 Å². The van der Waals surface area contributed by atoms with Gasteiger partial charge in [0.25, 0.3) is 0 Å². The van der Waals surface area contributed by atoms with Gasteiger partial charge in [-0.15, -0.1) is 0 Å². The van der Waals surface area contributed by atoms with Crippen LogP contribution in [0.4, 0.5) is 5.82 Å². The minimum Gasteiger partial charge on any atom is -0.358 e. The summed E-state index contributed by atoms with van der Waals surface area (Å²) in [5, 5.41) is 6.75. The first-order chi connectivity index (χ1) is 7.39. The second-order valence-electron chi connectivity index (χ2n) is 5.50. The van der Waals surface area contributed by atoms with Crippen molar-refractivity contribution in [2.45, 2.75) is 46.0 Å². The molecule has 1 fully saturated rings. The van der Waals surface area contributed by atoms with Gasteiger partial charge in [0.05, 0.1) is 0 Å². The van der Waals surface area contributed by atoms with Crippen LogP contribution >= 0.6 is 0 Å². The Bertz CT molecular complexity index is 411. The summed E-state index contributed by atoms with van der Waals surface area (Å²) in [7, 11) is 0. The molecule has 16 heavy (non-hydrogen) atoms. The van der Waals surface area contributed by atoms with Gasteiger partial charge in [-0.3, -0.25) is 4.79 Å². The molecule has 1 saturated carbocycles. The van der Waals surface area contributed by atoms with E-state index in [1.807, 2.05) is 6.92 Å². The van der Waals surface area contributed by atoms with Crippen LogP contribution in [0.2, 0.25) is 0 Å². The van der Waals surface area contributed by atoms with Gasteiger partial charge in [0, 0.05) is 16.9 Å². The number of aromatic nitrogens is 1. The van der Waals surface area contributed by atoms with Crippen molar-refractivity contribution < 1.29 is 9.32 Å². The summed E-state index contributed by atoms with van der Waals surface area (Å²) in [6.07, 6.45) is 1.99. The predicted octanol–water partition coefficient (Wildman–Crippen LogP) is 2.63. The second kappa shape index (κ2) is 3.61. The van der Waals surface area contributed by atoms with Gasteiger partial charge in [0.1, 0.15) is 5.76 Å². The van der Waals surface area contributed by atoms with E-state index >= 15 is 0 Å². The molecule has 1 aliphatic carbocycles. The standard InChI is InChI=1S/C12H18N2O2/c1-7-9(12(2,3)4)16-14-10(7)13-11(15)8-5-6-8/h8H,5-6H2,1-4H3,(H,13,14,15). The smallest absolute Gasteiger partial charge is 0.228 e. The van der Waals surface area contributed by atoms with Gasteiger partial charge in [0.15, 0.2) is 5.82 Å². The highest BCUT2D eigenvalue weighted by Gasteiger charge is 2.31. The first kappa shape index (κ1) is 11.2. The van der Waals surface area contributed by atoms with Crippen molar-refractivity contribution in [3.05, 3.63) is 11.3 Å². The zero-order valence-electron chi connectivity index (χ0n) is 10.3. The van der Waals surface area contributed by atoms with Crippen molar-refractivity contribution in [3.63, 3.8) is 0 Å². The summed E-state index contributed by atoms with van der Waals surface area (Å²) < 4.78 is 5.30. The molecule has 0 spiro atoms. The number of carbonyl (C=O) groups excluding carboxylic acids is 1. The Balaban J connectivity index is 2.16. The van der Waals surface area contributed by atoms with Crippen LogP contribution in [0.5, 0.6) is 0 Å². The zero-order valence-corrected chi connectivity index (χ0v) is 10.3. The summed E-state index contributed by atoms with van der Waals surface area (Å²) in [5.74, 6) is 1.66. The van der Waals surface area contributed by atoms with Crippen LogP contribution in [0, 0.1) is 12.8 Å². The largest absolute Gasteiger partial charge is 0.358 e. The molecule has 1 aromatic heterocycles. The van der Waals surface area contributed by atoms with Crippen LogP contribution in [-0.4, -0.2) is 11.1 Å². The Hall–Kier alpha value is -1.32. The molecule has 1 N–H and O–H groups in total. The highest BCUT2D eigenvalue weighted by atomic mass is 16.5. The SMILES string of the molecule is Cc1c(NC(=O)C2CC2)noc1C(C)(C)C. The molecule has 88 valence electrons. The number of nitrogens with zero attached hydrogens (tertiary/aromatic N) is 1. The van der Waals surface area contributed by atoms with Gasteiger partial charge < -0.3 is 9.84 Å². The van der Waals surface area contributed by atoms with E-state index in [4.69, 9.17) is 4.52 Å². The lowest BCUT2D eigenvalue weighted by Gasteiger charge is -2.14. The van der Waals surface area contributed by atoms with E-state index in [-0.39, 0.29) is 17.2 Å². The van der Waals surface area contributed by atoms with E-state index in [0.29, 0.717) is 5.82 Å². The molecular weight excluding hydrogens is 204 g/mol. The van der Waals surface area contributed by atoms with Crippen molar-refractivity contribution >= 4 is 11.7 Å². The molecular formula is C12H18N2O2. The normalized spacial score (nSPS) is 16.2. The number of hydrogen-bond donors (Lipinski definition) is 1. The zero-order chi connectivity index (χ0) is 11.9. The van der Waals surface area contributed by atoms with Crippen molar-refractivity contribution in [1.29, 1.82) is 0 Å². The maximum absolute atomic E-state index is 11.6. The Morgan fingerprint density at radius 1 is 1.44 bits per heavy atom. The molecule has 0 bridgehead atoms. The van der Waals surface area contributed by atoms with E-state index in [1.54, 1.807) is 0 Å². The molecule has 0 saturated heterocycles. The van der Waals surface area contributed by atoms with Crippen molar-refractivity contribution in [2.24, 2.45) is 5.92 Å². The third-order valence-corrected chi connectivity index (χ3v) is 2.79. The van der Waals surface area contributed by atoms with Gasteiger partial charge in [-0.05, 0) is 19.8 Å². The van der Waals surface area contributed by atoms with Crippen molar-refractivity contribution in [2.75, 3.05) is 5.32 Å². The minimum atomic E-state index is -0.0837. The highest BCUT2D eigenvalue weighted by Crippen LogP contribution is 2.33. The molecule has 0 aliphatic heterocycles. The summed E-state index contributed by atoms with van der Waals surface area (Å²) in [6, 6.07) is 0. The average molecular weight is 222 g/mol. The van der Waals surface area contributed by atoms with Crippen LogP contribution in [0.3, 0.4) is 0 Å². The number of anilines is 1. The maximum atomic E-state index is 11.6. The van der Waals surface area contributed by atoms with E-state index in [0.717, 1.165) is 24.2 Å². The monoisotopic (exact) mass is 222 g/mol. The van der Waals surface area contributed by atoms with Crippen LogP contribution in [0.25, 0.3) is 0 Å². The van der Waals surface area contributed by atoms with Crippen molar-refractivity contribution in [3.8, 4) is 0 Å². The third kappa shape index (κ3) is 2.10. The second-order valence-corrected chi connectivity index (χ2v) is 5.50. The summed E-state index contributed by atoms with van der Waals surface area (Å²) in [5.41, 5.74) is 0.848. The van der Waals surface area contributed by atoms with Gasteiger partial charge in [-0.1, -0.05) is 25.9 Å². The molecule has 0 radical (unpaired) electrons. The third-order valence-electron chi connectivity index (χ3n) is 2.79. The molecule has 0 atom stereocenters. The molecule has 4 heteroatoms. The van der Waals surface area contributed by atoms with Gasteiger partial charge in [-0.2, -0.15) is 0 Å². The number of carbonyl (C=O) groups is 1. The molecule has 4 nitrogen and oxygen atoms in total. The predicted molar refractivity (Wildman–Crippen MR) is 61.3 cm³/mol. The first-order valence-corrected chi connectivity index (χ1v) is 5.67. The quantitative estimate of drug-likeness (QED) is 0.836. The molecule has 1 aromatic rings. The lowest BCUT2D eigenvalue weighted by atomic mass is 9.91. The minimum absolute atomic E-state index is 0.0665. The fourth-order valence-electron chi connectivity index (χ4n) is 1.72. The van der Waals surface area contributed by atoms with E-state index in [1.165, 1.54) is 0 Å². The molecule has 1 heterocycles.